The van der Waals surface area contributed by atoms with Gasteiger partial charge in [0.15, 0.2) is 0 Å². The van der Waals surface area contributed by atoms with E-state index in [-0.39, 0.29) is 17.5 Å². The fourth-order valence-corrected chi connectivity index (χ4v) is 2.03. The molecule has 1 aromatic rings. The first-order valence-electron chi connectivity index (χ1n) is 7.08. The van der Waals surface area contributed by atoms with Gasteiger partial charge in [0, 0.05) is 24.3 Å². The topological polar surface area (TPSA) is 43.4 Å². The molecule has 0 aromatic carbocycles. The lowest BCUT2D eigenvalue weighted by Gasteiger charge is -2.21. The van der Waals surface area contributed by atoms with Crippen LogP contribution in [0.5, 0.6) is 5.88 Å². The summed E-state index contributed by atoms with van der Waals surface area (Å²) < 4.78 is 24.5. The van der Waals surface area contributed by atoms with E-state index in [2.05, 4.69) is 31.1 Å². The van der Waals surface area contributed by atoms with E-state index in [1.54, 1.807) is 0 Å². The summed E-state index contributed by atoms with van der Waals surface area (Å²) >= 11 is 0. The Bertz CT molecular complexity index is 440. The third kappa shape index (κ3) is 4.72. The maximum Gasteiger partial charge on any atom is 0.218 e. The van der Waals surface area contributed by atoms with Gasteiger partial charge in [-0.25, -0.2) is 9.37 Å². The SMILES string of the molecule is CC(C)(C)NCc1cc(F)cnc1OCC1CCCO1. The predicted octanol–water partition coefficient (Wildman–Crippen LogP) is 2.67. The minimum Gasteiger partial charge on any atom is -0.475 e. The molecule has 1 unspecified atom stereocenters. The highest BCUT2D eigenvalue weighted by Crippen LogP contribution is 2.19. The van der Waals surface area contributed by atoms with Crippen LogP contribution in [-0.2, 0) is 11.3 Å². The number of hydrogen-bond acceptors (Lipinski definition) is 4. The van der Waals surface area contributed by atoms with Gasteiger partial charge >= 0.3 is 0 Å². The van der Waals surface area contributed by atoms with E-state index in [1.807, 2.05) is 0 Å². The molecule has 1 aromatic heterocycles. The third-order valence-corrected chi connectivity index (χ3v) is 3.13. The standard InChI is InChI=1S/C15H23FN2O2/c1-15(2,3)18-8-11-7-12(16)9-17-14(11)20-10-13-5-4-6-19-13/h7,9,13,18H,4-6,8,10H2,1-3H3. The molecule has 1 fully saturated rings. The van der Waals surface area contributed by atoms with Crippen LogP contribution in [0.25, 0.3) is 0 Å². The molecule has 2 heterocycles. The fraction of sp³-hybridized carbons (Fsp3) is 0.667. The van der Waals surface area contributed by atoms with Crippen LogP contribution in [0.3, 0.4) is 0 Å². The van der Waals surface area contributed by atoms with Crippen LogP contribution in [0.2, 0.25) is 0 Å². The first-order chi connectivity index (χ1) is 9.44. The molecule has 0 spiro atoms. The quantitative estimate of drug-likeness (QED) is 0.901. The number of rotatable bonds is 5. The minimum absolute atomic E-state index is 0.0435. The van der Waals surface area contributed by atoms with Crippen molar-refractivity contribution in [3.63, 3.8) is 0 Å². The average molecular weight is 282 g/mol. The van der Waals surface area contributed by atoms with Gasteiger partial charge in [-0.05, 0) is 39.7 Å². The minimum atomic E-state index is -0.347. The van der Waals surface area contributed by atoms with Gasteiger partial charge in [0.1, 0.15) is 12.4 Å². The van der Waals surface area contributed by atoms with Crippen LogP contribution >= 0.6 is 0 Å². The van der Waals surface area contributed by atoms with Crippen molar-refractivity contribution in [3.8, 4) is 5.88 Å². The molecule has 2 rings (SSSR count). The van der Waals surface area contributed by atoms with E-state index >= 15 is 0 Å². The van der Waals surface area contributed by atoms with E-state index in [4.69, 9.17) is 9.47 Å². The van der Waals surface area contributed by atoms with E-state index in [0.717, 1.165) is 25.0 Å². The Morgan fingerprint density at radius 1 is 1.50 bits per heavy atom. The number of ether oxygens (including phenoxy) is 2. The van der Waals surface area contributed by atoms with Crippen LogP contribution in [-0.4, -0.2) is 29.8 Å². The number of nitrogens with zero attached hydrogens (tertiary/aromatic N) is 1. The largest absolute Gasteiger partial charge is 0.475 e. The smallest absolute Gasteiger partial charge is 0.218 e. The Morgan fingerprint density at radius 2 is 2.30 bits per heavy atom. The lowest BCUT2D eigenvalue weighted by molar-refractivity contribution is 0.0658. The molecule has 1 N–H and O–H groups in total. The average Bonchev–Trinajstić information content (AvgIpc) is 2.87. The highest BCUT2D eigenvalue weighted by Gasteiger charge is 2.18. The molecule has 0 radical (unpaired) electrons. The Hall–Kier alpha value is -1.20. The van der Waals surface area contributed by atoms with E-state index in [0.29, 0.717) is 19.0 Å². The molecule has 1 aliphatic rings. The van der Waals surface area contributed by atoms with Gasteiger partial charge in [-0.2, -0.15) is 0 Å². The summed E-state index contributed by atoms with van der Waals surface area (Å²) in [5.74, 6) is 0.138. The maximum absolute atomic E-state index is 13.3. The molecule has 1 aliphatic heterocycles. The zero-order valence-corrected chi connectivity index (χ0v) is 12.4. The second kappa shape index (κ2) is 6.50. The second-order valence-corrected chi connectivity index (χ2v) is 6.17. The molecule has 5 heteroatoms. The monoisotopic (exact) mass is 282 g/mol. The highest BCUT2D eigenvalue weighted by molar-refractivity contribution is 5.26. The molecule has 0 saturated carbocycles. The molecule has 20 heavy (non-hydrogen) atoms. The first kappa shape index (κ1) is 15.2. The summed E-state index contributed by atoms with van der Waals surface area (Å²) in [6, 6.07) is 1.47. The Kier molecular flexibility index (Phi) is 4.94. The number of nitrogens with one attached hydrogen (secondary N) is 1. The van der Waals surface area contributed by atoms with Crippen molar-refractivity contribution in [1.29, 1.82) is 0 Å². The van der Waals surface area contributed by atoms with E-state index < -0.39 is 0 Å². The van der Waals surface area contributed by atoms with E-state index in [1.165, 1.54) is 12.3 Å². The lowest BCUT2D eigenvalue weighted by atomic mass is 10.1. The van der Waals surface area contributed by atoms with Crippen molar-refractivity contribution in [2.75, 3.05) is 13.2 Å². The number of hydrogen-bond donors (Lipinski definition) is 1. The fourth-order valence-electron chi connectivity index (χ4n) is 2.03. The zero-order valence-electron chi connectivity index (χ0n) is 12.4. The molecule has 0 aliphatic carbocycles. The highest BCUT2D eigenvalue weighted by atomic mass is 19.1. The molecule has 1 atom stereocenters. The van der Waals surface area contributed by atoms with Crippen molar-refractivity contribution in [2.24, 2.45) is 0 Å². The number of halogens is 1. The van der Waals surface area contributed by atoms with E-state index in [9.17, 15) is 4.39 Å². The van der Waals surface area contributed by atoms with Crippen LogP contribution in [0, 0.1) is 5.82 Å². The normalized spacial score (nSPS) is 19.3. The molecular weight excluding hydrogens is 259 g/mol. The third-order valence-electron chi connectivity index (χ3n) is 3.13. The number of pyridine rings is 1. The maximum atomic E-state index is 13.3. The molecule has 112 valence electrons. The van der Waals surface area contributed by atoms with Crippen molar-refractivity contribution in [2.45, 2.75) is 51.8 Å². The molecule has 4 nitrogen and oxygen atoms in total. The van der Waals surface area contributed by atoms with Crippen molar-refractivity contribution >= 4 is 0 Å². The summed E-state index contributed by atoms with van der Waals surface area (Å²) in [7, 11) is 0. The molecule has 1 saturated heterocycles. The van der Waals surface area contributed by atoms with Crippen LogP contribution in [0.15, 0.2) is 12.3 Å². The zero-order chi connectivity index (χ0) is 14.6. The van der Waals surface area contributed by atoms with Gasteiger partial charge in [0.25, 0.3) is 0 Å². The van der Waals surface area contributed by atoms with Gasteiger partial charge in [-0.3, -0.25) is 0 Å². The van der Waals surface area contributed by atoms with Crippen molar-refractivity contribution in [1.82, 2.24) is 10.3 Å². The summed E-state index contributed by atoms with van der Waals surface area (Å²) in [5.41, 5.74) is 0.691. The van der Waals surface area contributed by atoms with Gasteiger partial charge in [-0.15, -0.1) is 0 Å². The Balaban J connectivity index is 1.99. The van der Waals surface area contributed by atoms with Crippen molar-refractivity contribution < 1.29 is 13.9 Å². The summed E-state index contributed by atoms with van der Waals surface area (Å²) in [6.07, 6.45) is 3.40. The molecule has 0 amide bonds. The van der Waals surface area contributed by atoms with Crippen LogP contribution < -0.4 is 10.1 Å². The van der Waals surface area contributed by atoms with Gasteiger partial charge < -0.3 is 14.8 Å². The van der Waals surface area contributed by atoms with Crippen LogP contribution in [0.4, 0.5) is 4.39 Å². The summed E-state index contributed by atoms with van der Waals surface area (Å²) in [6.45, 7) is 7.98. The number of aromatic nitrogens is 1. The lowest BCUT2D eigenvalue weighted by Crippen LogP contribution is -2.35. The summed E-state index contributed by atoms with van der Waals surface area (Å²) in [5, 5.41) is 3.32. The van der Waals surface area contributed by atoms with Crippen molar-refractivity contribution in [3.05, 3.63) is 23.6 Å². The molecule has 0 bridgehead atoms. The second-order valence-electron chi connectivity index (χ2n) is 6.17. The molecular formula is C15H23FN2O2. The first-order valence-corrected chi connectivity index (χ1v) is 7.08. The predicted molar refractivity (Wildman–Crippen MR) is 75.3 cm³/mol. The van der Waals surface area contributed by atoms with Gasteiger partial charge in [-0.1, -0.05) is 0 Å². The Morgan fingerprint density at radius 3 is 2.95 bits per heavy atom. The van der Waals surface area contributed by atoms with Crippen LogP contribution in [0.1, 0.15) is 39.2 Å². The van der Waals surface area contributed by atoms with Gasteiger partial charge in [0.2, 0.25) is 5.88 Å². The summed E-state index contributed by atoms with van der Waals surface area (Å²) in [4.78, 5) is 4.05. The van der Waals surface area contributed by atoms with Gasteiger partial charge in [0.05, 0.1) is 12.3 Å². The Labute approximate surface area is 119 Å².